The van der Waals surface area contributed by atoms with E-state index in [-0.39, 0.29) is 32.4 Å². The number of hydrogen-bond donors (Lipinski definition) is 2. The second kappa shape index (κ2) is 6.41. The minimum atomic E-state index is -3.65. The molecule has 0 heterocycles. The highest BCUT2D eigenvalue weighted by Gasteiger charge is 2.19. The fraction of sp³-hybridized carbons (Fsp3) is 0. The Morgan fingerprint density at radius 1 is 0.760 bits per heavy atom. The summed E-state index contributed by atoms with van der Waals surface area (Å²) in [4.78, 5) is 12.7. The molecule has 0 unspecified atom stereocenters. The Morgan fingerprint density at radius 3 is 1.96 bits per heavy atom. The van der Waals surface area contributed by atoms with Crippen molar-refractivity contribution in [2.24, 2.45) is 0 Å². The largest absolute Gasteiger partial charge is 0.508 e. The van der Waals surface area contributed by atoms with Crippen LogP contribution in [0.3, 0.4) is 0 Å². The van der Waals surface area contributed by atoms with E-state index in [9.17, 15) is 23.4 Å². The van der Waals surface area contributed by atoms with Gasteiger partial charge in [-0.15, -0.1) is 0 Å². The lowest BCUT2D eigenvalue weighted by Gasteiger charge is -2.07. The standard InChI is InChI=1S/C19H14O5S/c20-14-8-11-17(18(21)12-14)19(22)13-6-9-16(10-7-13)25(23,24)15-4-2-1-3-5-15/h1-12,20-21H. The lowest BCUT2D eigenvalue weighted by Crippen LogP contribution is -2.04. The van der Waals surface area contributed by atoms with E-state index in [1.165, 1.54) is 48.5 Å². The minimum absolute atomic E-state index is 0.0245. The summed E-state index contributed by atoms with van der Waals surface area (Å²) in [6, 6.07) is 17.2. The highest BCUT2D eigenvalue weighted by Crippen LogP contribution is 2.26. The van der Waals surface area contributed by atoms with Gasteiger partial charge in [0.2, 0.25) is 9.84 Å². The molecule has 3 rings (SSSR count). The number of ketones is 1. The fourth-order valence-corrected chi connectivity index (χ4v) is 3.67. The van der Waals surface area contributed by atoms with Gasteiger partial charge in [-0.2, -0.15) is 0 Å². The molecule has 0 radical (unpaired) electrons. The number of benzene rings is 3. The van der Waals surface area contributed by atoms with Gasteiger partial charge in [0.05, 0.1) is 15.4 Å². The van der Waals surface area contributed by atoms with Crippen molar-refractivity contribution in [3.05, 3.63) is 83.9 Å². The van der Waals surface area contributed by atoms with Crippen molar-refractivity contribution in [1.82, 2.24) is 0 Å². The number of aromatic hydroxyl groups is 2. The lowest BCUT2D eigenvalue weighted by molar-refractivity contribution is 0.103. The Kier molecular flexibility index (Phi) is 4.29. The molecule has 0 saturated carbocycles. The van der Waals surface area contributed by atoms with Crippen LogP contribution in [0.15, 0.2) is 82.6 Å². The van der Waals surface area contributed by atoms with Crippen LogP contribution in [-0.4, -0.2) is 24.4 Å². The van der Waals surface area contributed by atoms with E-state index in [0.29, 0.717) is 0 Å². The Hall–Kier alpha value is -3.12. The first-order valence-electron chi connectivity index (χ1n) is 7.36. The molecule has 0 bridgehead atoms. The molecule has 0 saturated heterocycles. The Labute approximate surface area is 144 Å². The predicted octanol–water partition coefficient (Wildman–Crippen LogP) is 3.16. The van der Waals surface area contributed by atoms with Gasteiger partial charge >= 0.3 is 0 Å². The van der Waals surface area contributed by atoms with E-state index in [1.54, 1.807) is 18.2 Å². The maximum absolute atomic E-state index is 12.5. The summed E-state index contributed by atoms with van der Waals surface area (Å²) in [7, 11) is -3.65. The third kappa shape index (κ3) is 3.25. The van der Waals surface area contributed by atoms with E-state index in [4.69, 9.17) is 0 Å². The van der Waals surface area contributed by atoms with Crippen LogP contribution in [0.25, 0.3) is 0 Å². The van der Waals surface area contributed by atoms with Crippen molar-refractivity contribution in [2.45, 2.75) is 9.79 Å². The van der Waals surface area contributed by atoms with Crippen molar-refractivity contribution in [1.29, 1.82) is 0 Å². The number of carbonyl (C=O) groups excluding carboxylic acids is 1. The summed E-state index contributed by atoms with van der Waals surface area (Å²) >= 11 is 0. The second-order valence-electron chi connectivity index (χ2n) is 5.37. The molecule has 0 atom stereocenters. The van der Waals surface area contributed by atoms with Gasteiger partial charge < -0.3 is 10.2 Å². The molecule has 3 aromatic carbocycles. The smallest absolute Gasteiger partial charge is 0.206 e. The zero-order chi connectivity index (χ0) is 18.0. The number of carbonyl (C=O) groups is 1. The third-order valence-corrected chi connectivity index (χ3v) is 5.49. The van der Waals surface area contributed by atoms with E-state index >= 15 is 0 Å². The summed E-state index contributed by atoms with van der Waals surface area (Å²) in [5, 5.41) is 19.1. The molecule has 5 nitrogen and oxygen atoms in total. The molecule has 0 aromatic heterocycles. The third-order valence-electron chi connectivity index (χ3n) is 3.71. The summed E-state index contributed by atoms with van der Waals surface area (Å²) in [6.07, 6.45) is 0. The van der Waals surface area contributed by atoms with Gasteiger partial charge in [0, 0.05) is 11.6 Å². The molecular weight excluding hydrogens is 340 g/mol. The van der Waals surface area contributed by atoms with Crippen molar-refractivity contribution < 1.29 is 23.4 Å². The van der Waals surface area contributed by atoms with E-state index in [2.05, 4.69) is 0 Å². The van der Waals surface area contributed by atoms with Crippen LogP contribution in [-0.2, 0) is 9.84 Å². The molecule has 6 heteroatoms. The molecule has 0 aliphatic rings. The quantitative estimate of drug-likeness (QED) is 0.702. The average molecular weight is 354 g/mol. The SMILES string of the molecule is O=C(c1ccc(S(=O)(=O)c2ccccc2)cc1)c1ccc(O)cc1O. The zero-order valence-corrected chi connectivity index (χ0v) is 13.8. The first-order chi connectivity index (χ1) is 11.9. The zero-order valence-electron chi connectivity index (χ0n) is 13.0. The van der Waals surface area contributed by atoms with Crippen LogP contribution in [0.4, 0.5) is 0 Å². The van der Waals surface area contributed by atoms with Crippen LogP contribution >= 0.6 is 0 Å². The summed E-state index contributed by atoms with van der Waals surface area (Å²) in [6.45, 7) is 0. The molecule has 0 aliphatic heterocycles. The first-order valence-corrected chi connectivity index (χ1v) is 8.85. The van der Waals surface area contributed by atoms with Gasteiger partial charge in [-0.25, -0.2) is 8.42 Å². The van der Waals surface area contributed by atoms with Crippen LogP contribution in [0.2, 0.25) is 0 Å². The number of sulfone groups is 1. The highest BCUT2D eigenvalue weighted by molar-refractivity contribution is 7.91. The van der Waals surface area contributed by atoms with Gasteiger partial charge in [-0.05, 0) is 48.5 Å². The van der Waals surface area contributed by atoms with Crippen molar-refractivity contribution in [2.75, 3.05) is 0 Å². The van der Waals surface area contributed by atoms with Crippen molar-refractivity contribution in [3.63, 3.8) is 0 Å². The van der Waals surface area contributed by atoms with Gasteiger partial charge in [0.15, 0.2) is 5.78 Å². The first kappa shape index (κ1) is 16.7. The molecule has 126 valence electrons. The molecule has 0 aliphatic carbocycles. The molecule has 0 spiro atoms. The molecule has 0 fully saturated rings. The summed E-state index contributed by atoms with van der Waals surface area (Å²) in [5.41, 5.74) is 0.254. The van der Waals surface area contributed by atoms with Crippen molar-refractivity contribution >= 4 is 15.6 Å². The fourth-order valence-electron chi connectivity index (χ4n) is 2.39. The summed E-state index contributed by atoms with van der Waals surface area (Å²) < 4.78 is 25.0. The number of phenols is 2. The number of hydrogen-bond acceptors (Lipinski definition) is 5. The maximum atomic E-state index is 12.5. The van der Waals surface area contributed by atoms with Gasteiger partial charge in [0.1, 0.15) is 11.5 Å². The molecule has 2 N–H and O–H groups in total. The van der Waals surface area contributed by atoms with E-state index in [0.717, 1.165) is 6.07 Å². The van der Waals surface area contributed by atoms with E-state index < -0.39 is 15.6 Å². The summed E-state index contributed by atoms with van der Waals surface area (Å²) in [5.74, 6) is -0.967. The molecule has 0 amide bonds. The average Bonchev–Trinajstić information content (AvgIpc) is 2.62. The Morgan fingerprint density at radius 2 is 1.36 bits per heavy atom. The maximum Gasteiger partial charge on any atom is 0.206 e. The van der Waals surface area contributed by atoms with Crippen LogP contribution < -0.4 is 0 Å². The Balaban J connectivity index is 1.94. The molecular formula is C19H14O5S. The highest BCUT2D eigenvalue weighted by atomic mass is 32.2. The monoisotopic (exact) mass is 354 g/mol. The lowest BCUT2D eigenvalue weighted by atomic mass is 10.0. The van der Waals surface area contributed by atoms with Crippen LogP contribution in [0.5, 0.6) is 11.5 Å². The Bertz CT molecular complexity index is 1020. The van der Waals surface area contributed by atoms with Crippen molar-refractivity contribution in [3.8, 4) is 11.5 Å². The molecule has 3 aromatic rings. The van der Waals surface area contributed by atoms with E-state index in [1.807, 2.05) is 0 Å². The second-order valence-corrected chi connectivity index (χ2v) is 7.32. The van der Waals surface area contributed by atoms with Gasteiger partial charge in [-0.1, -0.05) is 18.2 Å². The topological polar surface area (TPSA) is 91.7 Å². The minimum Gasteiger partial charge on any atom is -0.508 e. The van der Waals surface area contributed by atoms with Crippen LogP contribution in [0.1, 0.15) is 15.9 Å². The molecule has 25 heavy (non-hydrogen) atoms. The normalized spacial score (nSPS) is 11.2. The number of rotatable bonds is 4. The van der Waals surface area contributed by atoms with Gasteiger partial charge in [0.25, 0.3) is 0 Å². The number of phenolic OH excluding ortho intramolecular Hbond substituents is 2. The predicted molar refractivity (Wildman–Crippen MR) is 91.5 cm³/mol. The van der Waals surface area contributed by atoms with Crippen LogP contribution in [0, 0.1) is 0 Å². The van der Waals surface area contributed by atoms with Gasteiger partial charge in [-0.3, -0.25) is 4.79 Å².